The van der Waals surface area contributed by atoms with Gasteiger partial charge in [-0.3, -0.25) is 4.79 Å². The molecule has 1 heterocycles. The van der Waals surface area contributed by atoms with E-state index in [1.165, 1.54) is 16.2 Å². The van der Waals surface area contributed by atoms with E-state index < -0.39 is 0 Å². The fraction of sp³-hybridized carbons (Fsp3) is 0.444. The average Bonchev–Trinajstić information content (AvgIpc) is 2.46. The molecule has 0 aromatic carbocycles. The van der Waals surface area contributed by atoms with Crippen LogP contribution in [0.5, 0.6) is 0 Å². The van der Waals surface area contributed by atoms with Gasteiger partial charge >= 0.3 is 0 Å². The zero-order valence-electron chi connectivity index (χ0n) is 8.87. The Morgan fingerprint density at radius 2 is 1.93 bits per heavy atom. The maximum Gasteiger partial charge on any atom is 0.265 e. The number of nitrogen functional groups attached to an aromatic ring is 1. The number of carbonyl (C=O) groups is 1. The summed E-state index contributed by atoms with van der Waals surface area (Å²) in [6, 6.07) is 1.82. The Bertz CT molecular complexity index is 344. The molecule has 0 aliphatic carbocycles. The number of anilines is 2. The van der Waals surface area contributed by atoms with Gasteiger partial charge in [-0.1, -0.05) is 0 Å². The van der Waals surface area contributed by atoms with Crippen molar-refractivity contribution in [3.8, 4) is 0 Å². The van der Waals surface area contributed by atoms with Gasteiger partial charge in [0.2, 0.25) is 0 Å². The van der Waals surface area contributed by atoms with E-state index in [2.05, 4.69) is 0 Å². The maximum atomic E-state index is 11.6. The first-order valence-electron chi connectivity index (χ1n) is 4.21. The maximum absolute atomic E-state index is 11.6. The predicted molar refractivity (Wildman–Crippen MR) is 61.1 cm³/mol. The van der Waals surface area contributed by atoms with E-state index in [1.54, 1.807) is 14.1 Å². The number of amides is 1. The third kappa shape index (κ3) is 1.98. The molecule has 0 unspecified atom stereocenters. The molecule has 0 aliphatic heterocycles. The van der Waals surface area contributed by atoms with E-state index in [9.17, 15) is 4.79 Å². The summed E-state index contributed by atoms with van der Waals surface area (Å²) in [6.45, 7) is 0. The number of hydrogen-bond donors (Lipinski definition) is 1. The molecule has 0 fully saturated rings. The number of thiophene rings is 1. The van der Waals surface area contributed by atoms with Crippen molar-refractivity contribution in [1.82, 2.24) is 4.90 Å². The van der Waals surface area contributed by atoms with Gasteiger partial charge in [-0.05, 0) is 6.07 Å². The van der Waals surface area contributed by atoms with E-state index in [1.807, 2.05) is 25.1 Å². The fourth-order valence-corrected chi connectivity index (χ4v) is 2.01. The number of nitrogens with zero attached hydrogens (tertiary/aromatic N) is 2. The molecule has 2 N–H and O–H groups in total. The average molecular weight is 213 g/mol. The lowest BCUT2D eigenvalue weighted by atomic mass is 10.3. The highest BCUT2D eigenvalue weighted by Gasteiger charge is 2.16. The van der Waals surface area contributed by atoms with Crippen LogP contribution in [0.15, 0.2) is 6.07 Å². The molecule has 78 valence electrons. The lowest BCUT2D eigenvalue weighted by molar-refractivity contribution is 0.0833. The minimum absolute atomic E-state index is 0.0411. The number of carbonyl (C=O) groups excluding carboxylic acids is 1. The van der Waals surface area contributed by atoms with Crippen molar-refractivity contribution in [3.05, 3.63) is 10.9 Å². The van der Waals surface area contributed by atoms with Crippen LogP contribution in [0.1, 0.15) is 9.67 Å². The van der Waals surface area contributed by atoms with E-state index in [0.29, 0.717) is 10.6 Å². The van der Waals surface area contributed by atoms with Gasteiger partial charge in [0.1, 0.15) is 4.88 Å². The second-order valence-electron chi connectivity index (χ2n) is 3.46. The number of rotatable bonds is 2. The highest BCUT2D eigenvalue weighted by atomic mass is 32.1. The number of hydrogen-bond acceptors (Lipinski definition) is 4. The molecule has 0 radical (unpaired) electrons. The second-order valence-corrected chi connectivity index (χ2v) is 4.49. The minimum atomic E-state index is -0.0411. The fourth-order valence-electron chi connectivity index (χ4n) is 0.982. The van der Waals surface area contributed by atoms with Gasteiger partial charge < -0.3 is 15.5 Å². The molecule has 0 aliphatic rings. The summed E-state index contributed by atoms with van der Waals surface area (Å²) < 4.78 is 0. The zero-order chi connectivity index (χ0) is 10.9. The van der Waals surface area contributed by atoms with E-state index in [0.717, 1.165) is 5.00 Å². The lowest BCUT2D eigenvalue weighted by Crippen LogP contribution is -2.21. The third-order valence-corrected chi connectivity index (χ3v) is 3.10. The Hall–Kier alpha value is -1.23. The van der Waals surface area contributed by atoms with Gasteiger partial charge in [-0.25, -0.2) is 0 Å². The molecule has 14 heavy (non-hydrogen) atoms. The van der Waals surface area contributed by atoms with Gasteiger partial charge in [0.05, 0.1) is 10.7 Å². The van der Waals surface area contributed by atoms with Gasteiger partial charge in [0.15, 0.2) is 0 Å². The molecule has 0 bridgehead atoms. The summed E-state index contributed by atoms with van der Waals surface area (Å²) in [7, 11) is 7.29. The van der Waals surface area contributed by atoms with Gasteiger partial charge in [-0.15, -0.1) is 11.3 Å². The summed E-state index contributed by atoms with van der Waals surface area (Å²) in [5.74, 6) is -0.0411. The topological polar surface area (TPSA) is 49.6 Å². The van der Waals surface area contributed by atoms with E-state index in [4.69, 9.17) is 5.73 Å². The van der Waals surface area contributed by atoms with Crippen molar-refractivity contribution in [2.24, 2.45) is 0 Å². The van der Waals surface area contributed by atoms with Crippen LogP contribution in [-0.2, 0) is 0 Å². The summed E-state index contributed by atoms with van der Waals surface area (Å²) in [6.07, 6.45) is 0. The number of nitrogens with two attached hydrogens (primary N) is 1. The van der Waals surface area contributed by atoms with Crippen molar-refractivity contribution in [2.75, 3.05) is 38.8 Å². The van der Waals surface area contributed by atoms with Gasteiger partial charge in [0.25, 0.3) is 5.91 Å². The van der Waals surface area contributed by atoms with Crippen LogP contribution in [-0.4, -0.2) is 39.0 Å². The van der Waals surface area contributed by atoms with Gasteiger partial charge in [0, 0.05) is 28.2 Å². The van der Waals surface area contributed by atoms with Crippen molar-refractivity contribution in [2.45, 2.75) is 0 Å². The Labute approximate surface area is 87.9 Å². The Morgan fingerprint density at radius 3 is 2.29 bits per heavy atom. The highest BCUT2D eigenvalue weighted by Crippen LogP contribution is 2.31. The molecule has 1 aromatic heterocycles. The molecular weight excluding hydrogens is 198 g/mol. The molecular formula is C9H15N3OS. The van der Waals surface area contributed by atoms with Gasteiger partial charge in [-0.2, -0.15) is 0 Å². The molecule has 0 saturated carbocycles. The van der Waals surface area contributed by atoms with Crippen LogP contribution < -0.4 is 10.6 Å². The zero-order valence-corrected chi connectivity index (χ0v) is 9.68. The van der Waals surface area contributed by atoms with Crippen molar-refractivity contribution in [3.63, 3.8) is 0 Å². The summed E-state index contributed by atoms with van der Waals surface area (Å²) in [5, 5.41) is 0.993. The Morgan fingerprint density at radius 1 is 1.36 bits per heavy atom. The molecule has 0 spiro atoms. The van der Waals surface area contributed by atoms with Crippen LogP contribution in [0.2, 0.25) is 0 Å². The van der Waals surface area contributed by atoms with Crippen molar-refractivity contribution < 1.29 is 4.79 Å². The molecule has 4 nitrogen and oxygen atoms in total. The normalized spacial score (nSPS) is 10.0. The molecule has 1 amide bonds. The summed E-state index contributed by atoms with van der Waals surface area (Å²) >= 11 is 1.41. The lowest BCUT2D eigenvalue weighted by Gasteiger charge is -2.09. The van der Waals surface area contributed by atoms with E-state index in [-0.39, 0.29) is 5.91 Å². The van der Waals surface area contributed by atoms with Crippen molar-refractivity contribution >= 4 is 27.9 Å². The molecule has 1 aromatic rings. The predicted octanol–water partition coefficient (Wildman–Crippen LogP) is 1.10. The first-order chi connectivity index (χ1) is 6.43. The second kappa shape index (κ2) is 3.88. The van der Waals surface area contributed by atoms with Crippen molar-refractivity contribution in [1.29, 1.82) is 0 Å². The smallest absolute Gasteiger partial charge is 0.265 e. The van der Waals surface area contributed by atoms with E-state index >= 15 is 0 Å². The quantitative estimate of drug-likeness (QED) is 0.800. The Balaban J connectivity index is 3.04. The monoisotopic (exact) mass is 213 g/mol. The first-order valence-corrected chi connectivity index (χ1v) is 5.03. The molecule has 0 saturated heterocycles. The highest BCUT2D eigenvalue weighted by molar-refractivity contribution is 7.18. The van der Waals surface area contributed by atoms with Crippen LogP contribution in [0.4, 0.5) is 10.7 Å². The minimum Gasteiger partial charge on any atom is -0.397 e. The molecule has 1 rings (SSSR count). The molecule has 0 atom stereocenters. The third-order valence-electron chi connectivity index (χ3n) is 1.79. The van der Waals surface area contributed by atoms with Crippen LogP contribution in [0, 0.1) is 0 Å². The summed E-state index contributed by atoms with van der Waals surface area (Å²) in [5.41, 5.74) is 6.31. The van der Waals surface area contributed by atoms with Crippen LogP contribution in [0.25, 0.3) is 0 Å². The summed E-state index contributed by atoms with van der Waals surface area (Å²) in [4.78, 5) is 15.7. The van der Waals surface area contributed by atoms with Crippen LogP contribution in [0.3, 0.4) is 0 Å². The SMILES string of the molecule is CN(C)C(=O)c1sc(N(C)C)cc1N. The largest absolute Gasteiger partial charge is 0.397 e. The van der Waals surface area contributed by atoms with Crippen LogP contribution >= 0.6 is 11.3 Å². The standard InChI is InChI=1S/C9H15N3OS/c1-11(2)7-5-6(10)8(14-7)9(13)12(3)4/h5H,10H2,1-4H3. The molecule has 5 heteroatoms. The Kier molecular flexibility index (Phi) is 3.00. The first kappa shape index (κ1) is 10.8.